The molecule has 27 heavy (non-hydrogen) atoms. The van der Waals surface area contributed by atoms with Crippen LogP contribution in [0.5, 0.6) is 0 Å². The predicted octanol–water partition coefficient (Wildman–Crippen LogP) is 3.66. The highest BCUT2D eigenvalue weighted by molar-refractivity contribution is 6.83. The molecule has 0 aliphatic rings. The van der Waals surface area contributed by atoms with Gasteiger partial charge in [-0.2, -0.15) is 0 Å². The molecule has 0 bridgehead atoms. The molecule has 0 atom stereocenters. The lowest BCUT2D eigenvalue weighted by molar-refractivity contribution is -0.153. The van der Waals surface area contributed by atoms with Gasteiger partial charge in [-0.1, -0.05) is 25.6 Å². The van der Waals surface area contributed by atoms with Crippen LogP contribution in [-0.2, 0) is 16.1 Å². The molecule has 148 valence electrons. The normalized spacial score (nSPS) is 11.6. The van der Waals surface area contributed by atoms with E-state index in [1.165, 1.54) is 0 Å². The van der Waals surface area contributed by atoms with Gasteiger partial charge < -0.3 is 15.2 Å². The zero-order valence-corrected chi connectivity index (χ0v) is 18.7. The molecule has 0 heterocycles. The van der Waals surface area contributed by atoms with Crippen LogP contribution in [0.3, 0.4) is 0 Å². The van der Waals surface area contributed by atoms with E-state index in [2.05, 4.69) is 36.4 Å². The van der Waals surface area contributed by atoms with Crippen molar-refractivity contribution in [3.8, 4) is 11.5 Å². The molecule has 1 aromatic carbocycles. The van der Waals surface area contributed by atoms with Crippen molar-refractivity contribution in [1.82, 2.24) is 5.32 Å². The minimum atomic E-state index is -1.60. The van der Waals surface area contributed by atoms with Gasteiger partial charge in [0.2, 0.25) is 0 Å². The molecule has 0 saturated carbocycles. The topological polar surface area (TPSA) is 75.6 Å². The average molecular weight is 390 g/mol. The summed E-state index contributed by atoms with van der Waals surface area (Å²) in [6, 6.07) is 1.66. The smallest absolute Gasteiger partial charge is 0.336 e. The number of benzene rings is 1. The quantitative estimate of drug-likeness (QED) is 0.457. The first-order valence-corrected chi connectivity index (χ1v) is 12.5. The lowest BCUT2D eigenvalue weighted by Gasteiger charge is -2.20. The van der Waals surface area contributed by atoms with Crippen LogP contribution in [0.15, 0.2) is 6.07 Å². The van der Waals surface area contributed by atoms with E-state index in [4.69, 9.17) is 4.74 Å². The molecule has 0 fully saturated rings. The number of rotatable bonds is 5. The molecule has 6 heteroatoms. The van der Waals surface area contributed by atoms with Gasteiger partial charge in [0.15, 0.2) is 0 Å². The fourth-order valence-electron chi connectivity index (χ4n) is 2.49. The SMILES string of the molecule is Cc1c(CNCC(=O)OC(C)(C)C)cc(C(=O)O)c(C)c1C#C[Si](C)(C)C. The van der Waals surface area contributed by atoms with E-state index in [1.807, 2.05) is 27.7 Å². The first-order chi connectivity index (χ1) is 12.2. The van der Waals surface area contributed by atoms with Crippen LogP contribution in [0.2, 0.25) is 19.6 Å². The Bertz CT molecular complexity index is 790. The third kappa shape index (κ3) is 7.57. The van der Waals surface area contributed by atoms with Gasteiger partial charge >= 0.3 is 11.9 Å². The fourth-order valence-corrected chi connectivity index (χ4v) is 2.99. The van der Waals surface area contributed by atoms with Crippen LogP contribution in [-0.4, -0.2) is 37.3 Å². The summed E-state index contributed by atoms with van der Waals surface area (Å²) in [7, 11) is -1.60. The van der Waals surface area contributed by atoms with Crippen LogP contribution in [0.1, 0.15) is 53.4 Å². The Morgan fingerprint density at radius 1 is 1.19 bits per heavy atom. The number of carbonyl (C=O) groups is 2. The van der Waals surface area contributed by atoms with E-state index in [0.29, 0.717) is 12.1 Å². The summed E-state index contributed by atoms with van der Waals surface area (Å²) >= 11 is 0. The molecular weight excluding hydrogens is 358 g/mol. The summed E-state index contributed by atoms with van der Waals surface area (Å²) in [4.78, 5) is 23.5. The first kappa shape index (κ1) is 22.9. The third-order valence-corrected chi connectivity index (χ3v) is 4.63. The summed E-state index contributed by atoms with van der Waals surface area (Å²) in [5.74, 6) is 1.90. The maximum absolute atomic E-state index is 11.8. The fraction of sp³-hybridized carbons (Fsp3) is 0.524. The number of carbonyl (C=O) groups excluding carboxylic acids is 1. The van der Waals surface area contributed by atoms with Crippen molar-refractivity contribution in [2.75, 3.05) is 6.54 Å². The van der Waals surface area contributed by atoms with Crippen LogP contribution >= 0.6 is 0 Å². The maximum Gasteiger partial charge on any atom is 0.336 e. The highest BCUT2D eigenvalue weighted by Gasteiger charge is 2.18. The van der Waals surface area contributed by atoms with Gasteiger partial charge in [0.1, 0.15) is 13.7 Å². The van der Waals surface area contributed by atoms with Crippen molar-refractivity contribution in [3.05, 3.63) is 33.9 Å². The Balaban J connectivity index is 3.13. The zero-order valence-electron chi connectivity index (χ0n) is 17.7. The number of nitrogens with one attached hydrogen (secondary N) is 1. The number of carboxylic acids is 1. The van der Waals surface area contributed by atoms with Crippen molar-refractivity contribution in [2.45, 2.75) is 66.4 Å². The molecule has 0 saturated heterocycles. The number of ether oxygens (including phenoxy) is 1. The summed E-state index contributed by atoms with van der Waals surface area (Å²) < 4.78 is 5.27. The molecule has 1 aromatic rings. The van der Waals surface area contributed by atoms with E-state index < -0.39 is 19.6 Å². The monoisotopic (exact) mass is 389 g/mol. The second-order valence-corrected chi connectivity index (χ2v) is 13.5. The molecule has 5 nitrogen and oxygen atoms in total. The molecular formula is C21H31NO4Si. The average Bonchev–Trinajstić information content (AvgIpc) is 2.46. The van der Waals surface area contributed by atoms with Crippen LogP contribution in [0, 0.1) is 25.3 Å². The Kier molecular flexibility index (Phi) is 7.41. The van der Waals surface area contributed by atoms with E-state index in [0.717, 1.165) is 16.7 Å². The van der Waals surface area contributed by atoms with Gasteiger partial charge in [0.25, 0.3) is 0 Å². The first-order valence-electron chi connectivity index (χ1n) is 9.03. The highest BCUT2D eigenvalue weighted by Crippen LogP contribution is 2.22. The summed E-state index contributed by atoms with van der Waals surface area (Å²) in [6.07, 6.45) is 0. The van der Waals surface area contributed by atoms with Crippen LogP contribution in [0.25, 0.3) is 0 Å². The number of esters is 1. The van der Waals surface area contributed by atoms with Gasteiger partial charge in [-0.15, -0.1) is 5.54 Å². The van der Waals surface area contributed by atoms with Crippen molar-refractivity contribution < 1.29 is 19.4 Å². The summed E-state index contributed by atoms with van der Waals surface area (Å²) in [5, 5.41) is 12.6. The molecule has 0 unspecified atom stereocenters. The summed E-state index contributed by atoms with van der Waals surface area (Å²) in [5.41, 5.74) is 6.24. The van der Waals surface area contributed by atoms with Gasteiger partial charge in [0.05, 0.1) is 12.1 Å². The van der Waals surface area contributed by atoms with E-state index >= 15 is 0 Å². The predicted molar refractivity (Wildman–Crippen MR) is 111 cm³/mol. The van der Waals surface area contributed by atoms with Crippen molar-refractivity contribution in [2.24, 2.45) is 0 Å². The molecule has 0 amide bonds. The van der Waals surface area contributed by atoms with Gasteiger partial charge in [-0.25, -0.2) is 4.79 Å². The summed E-state index contributed by atoms with van der Waals surface area (Å²) in [6.45, 7) is 16.1. The molecule has 0 aliphatic carbocycles. The number of aromatic carboxylic acids is 1. The standard InChI is InChI=1S/C21H31NO4Si/c1-14-16(12-22-13-19(23)26-21(3,4)5)11-18(20(24)25)15(2)17(14)9-10-27(6,7)8/h11,22H,12-13H2,1-8H3,(H,24,25). The van der Waals surface area contributed by atoms with Crippen molar-refractivity contribution >= 4 is 20.0 Å². The second-order valence-electron chi connectivity index (χ2n) is 8.70. The minimum Gasteiger partial charge on any atom is -0.478 e. The van der Waals surface area contributed by atoms with Gasteiger partial charge in [0, 0.05) is 12.1 Å². The Morgan fingerprint density at radius 3 is 2.26 bits per heavy atom. The lowest BCUT2D eigenvalue weighted by Crippen LogP contribution is -2.31. The van der Waals surface area contributed by atoms with Crippen molar-refractivity contribution in [3.63, 3.8) is 0 Å². The zero-order chi connectivity index (χ0) is 21.0. The molecule has 1 rings (SSSR count). The van der Waals surface area contributed by atoms with Gasteiger partial charge in [-0.3, -0.25) is 4.79 Å². The number of hydrogen-bond donors (Lipinski definition) is 2. The second kappa shape index (κ2) is 8.72. The Labute approximate surface area is 163 Å². The molecule has 0 radical (unpaired) electrons. The van der Waals surface area contributed by atoms with Gasteiger partial charge in [-0.05, 0) is 57.4 Å². The van der Waals surface area contributed by atoms with Crippen LogP contribution < -0.4 is 5.32 Å². The van der Waals surface area contributed by atoms with E-state index in [9.17, 15) is 14.7 Å². The third-order valence-electron chi connectivity index (χ3n) is 3.75. The number of carboxylic acid groups (broad SMARTS) is 1. The van der Waals surface area contributed by atoms with Crippen molar-refractivity contribution in [1.29, 1.82) is 0 Å². The molecule has 0 spiro atoms. The van der Waals surface area contributed by atoms with E-state index in [-0.39, 0.29) is 18.1 Å². The largest absolute Gasteiger partial charge is 0.478 e. The number of hydrogen-bond acceptors (Lipinski definition) is 4. The molecule has 0 aromatic heterocycles. The maximum atomic E-state index is 11.8. The van der Waals surface area contributed by atoms with E-state index in [1.54, 1.807) is 13.0 Å². The Morgan fingerprint density at radius 2 is 1.78 bits per heavy atom. The Hall–Kier alpha value is -2.10. The lowest BCUT2D eigenvalue weighted by atomic mass is 9.93. The molecule has 2 N–H and O–H groups in total. The highest BCUT2D eigenvalue weighted by atomic mass is 28.3. The molecule has 0 aliphatic heterocycles. The van der Waals surface area contributed by atoms with Crippen LogP contribution in [0.4, 0.5) is 0 Å². The minimum absolute atomic E-state index is 0.0584.